The monoisotopic (exact) mass is 1100 g/mol. The van der Waals surface area contributed by atoms with Crippen molar-refractivity contribution in [3.8, 4) is 0 Å². The highest BCUT2D eigenvalue weighted by Gasteiger charge is 2.40. The summed E-state index contributed by atoms with van der Waals surface area (Å²) < 4.78 is 53.1. The number of ether oxygens (including phenoxy) is 9. The van der Waals surface area contributed by atoms with E-state index in [1.54, 1.807) is 27.0 Å². The Morgan fingerprint density at radius 2 is 1.51 bits per heavy atom. The first-order chi connectivity index (χ1) is 37.4. The molecule has 18 heteroatoms. The molecule has 1 saturated carbocycles. The normalized spacial score (nSPS) is 27.8. The Balaban J connectivity index is 1.36. The molecule has 0 aromatic heterocycles. The lowest BCUT2D eigenvalue weighted by Crippen LogP contribution is -2.52. The van der Waals surface area contributed by atoms with E-state index in [-0.39, 0.29) is 73.1 Å². The molecule has 18 nitrogen and oxygen atoms in total. The molecule has 78 heavy (non-hydrogen) atoms. The molecular weight excluding hydrogens is 1010 g/mol. The Morgan fingerprint density at radius 3 is 2.19 bits per heavy atom. The van der Waals surface area contributed by atoms with Crippen molar-refractivity contribution < 1.29 is 81.9 Å². The minimum Gasteiger partial charge on any atom is -0.460 e. The fraction of sp³-hybridized carbons (Fsp3) is 0.783. The summed E-state index contributed by atoms with van der Waals surface area (Å²) in [5.41, 5.74) is 1.43. The number of nitrogens with zero attached hydrogens (tertiary/aromatic N) is 1. The number of hydrogen-bond acceptors (Lipinski definition) is 17. The third-order valence-corrected chi connectivity index (χ3v) is 15.8. The lowest BCUT2D eigenvalue weighted by atomic mass is 9.78. The van der Waals surface area contributed by atoms with Gasteiger partial charge in [0, 0.05) is 52.0 Å². The van der Waals surface area contributed by atoms with Crippen molar-refractivity contribution in [3.63, 3.8) is 0 Å². The molecular formula is C60H97NO17. The third kappa shape index (κ3) is 22.8. The average molecular weight is 1100 g/mol. The molecule has 3 aliphatic heterocycles. The van der Waals surface area contributed by atoms with Gasteiger partial charge in [0.15, 0.2) is 5.78 Å². The highest BCUT2D eigenvalue weighted by atomic mass is 16.6. The first kappa shape index (κ1) is 67.0. The van der Waals surface area contributed by atoms with Crippen LogP contribution in [0.5, 0.6) is 0 Å². The zero-order valence-electron chi connectivity index (χ0n) is 48.4. The highest BCUT2D eigenvalue weighted by Crippen LogP contribution is 2.34. The Morgan fingerprint density at radius 1 is 0.795 bits per heavy atom. The van der Waals surface area contributed by atoms with Crippen LogP contribution in [0.1, 0.15) is 126 Å². The summed E-state index contributed by atoms with van der Waals surface area (Å²) in [6, 6.07) is -1.05. The largest absolute Gasteiger partial charge is 0.460 e. The summed E-state index contributed by atoms with van der Waals surface area (Å²) >= 11 is 0. The molecule has 1 amide bonds. The van der Waals surface area contributed by atoms with E-state index in [1.807, 2.05) is 45.1 Å². The van der Waals surface area contributed by atoms with Crippen LogP contribution in [-0.2, 0) is 66.6 Å². The van der Waals surface area contributed by atoms with Crippen LogP contribution in [0.15, 0.2) is 47.6 Å². The number of aliphatic hydroxyl groups is 3. The molecule has 4 aliphatic rings. The number of carbonyl (C=O) groups is 5. The SMILES string of the molecule is CO[C@@H]1C[C@H](C[C@@H](C)[C@H](CC(=O)[C@H](C)/C=C(\C)[C@@H](O)[C@@H](OC)C(=O)[C@H](C)C[C@H](C)/C=C/C=C/C=C(\C)[C@H](C[C@@H]2CC[C@@H](C)CO2)OCC2COCCOCCOCCO2)OC(=O)[C@@H]2CCCCN2C(=O)C(=O)CO)CC[C@H]1O. The van der Waals surface area contributed by atoms with Crippen molar-refractivity contribution in [2.24, 2.45) is 35.5 Å². The lowest BCUT2D eigenvalue weighted by molar-refractivity contribution is -0.166. The van der Waals surface area contributed by atoms with Crippen LogP contribution in [0.2, 0.25) is 0 Å². The van der Waals surface area contributed by atoms with Gasteiger partial charge in [-0.3, -0.25) is 19.2 Å². The summed E-state index contributed by atoms with van der Waals surface area (Å²) in [6.45, 7) is 16.9. The van der Waals surface area contributed by atoms with Crippen LogP contribution in [0.4, 0.5) is 0 Å². The van der Waals surface area contributed by atoms with Crippen molar-refractivity contribution in [3.05, 3.63) is 47.6 Å². The number of methoxy groups -OCH3 is 2. The number of piperidine rings is 1. The topological polar surface area (TPSA) is 232 Å². The number of esters is 1. The second-order valence-corrected chi connectivity index (χ2v) is 22.5. The first-order valence-corrected chi connectivity index (χ1v) is 28.8. The molecule has 444 valence electrons. The summed E-state index contributed by atoms with van der Waals surface area (Å²) in [5, 5.41) is 31.4. The summed E-state index contributed by atoms with van der Waals surface area (Å²) in [7, 11) is 2.94. The molecule has 3 N–H and O–H groups in total. The van der Waals surface area contributed by atoms with Crippen LogP contribution >= 0.6 is 0 Å². The van der Waals surface area contributed by atoms with Crippen molar-refractivity contribution in [2.45, 2.75) is 180 Å². The van der Waals surface area contributed by atoms with Crippen molar-refractivity contribution in [1.82, 2.24) is 4.90 Å². The minimum atomic E-state index is -1.34. The van der Waals surface area contributed by atoms with Crippen LogP contribution in [0.3, 0.4) is 0 Å². The Bertz CT molecular complexity index is 1930. The summed E-state index contributed by atoms with van der Waals surface area (Å²) in [4.78, 5) is 68.1. The molecule has 0 aromatic carbocycles. The molecule has 0 spiro atoms. The van der Waals surface area contributed by atoms with E-state index in [0.717, 1.165) is 42.8 Å². The van der Waals surface area contributed by atoms with Gasteiger partial charge in [-0.2, -0.15) is 0 Å². The van der Waals surface area contributed by atoms with E-state index in [9.17, 15) is 39.3 Å². The molecule has 4 fully saturated rings. The van der Waals surface area contributed by atoms with Gasteiger partial charge in [-0.25, -0.2) is 4.79 Å². The van der Waals surface area contributed by atoms with Crippen LogP contribution in [0, 0.1) is 35.5 Å². The number of rotatable bonds is 28. The molecule has 15 atom stereocenters. The van der Waals surface area contributed by atoms with E-state index in [2.05, 4.69) is 19.9 Å². The predicted molar refractivity (Wildman–Crippen MR) is 293 cm³/mol. The number of likely N-dealkylation sites (tertiary alicyclic amines) is 1. The third-order valence-electron chi connectivity index (χ3n) is 15.8. The van der Waals surface area contributed by atoms with E-state index in [0.29, 0.717) is 103 Å². The van der Waals surface area contributed by atoms with E-state index < -0.39 is 66.6 Å². The van der Waals surface area contributed by atoms with Crippen LogP contribution < -0.4 is 0 Å². The van der Waals surface area contributed by atoms with Gasteiger partial charge in [0.05, 0.1) is 77.3 Å². The summed E-state index contributed by atoms with van der Waals surface area (Å²) in [5.74, 6) is -4.09. The van der Waals surface area contributed by atoms with Crippen molar-refractivity contribution in [1.29, 1.82) is 0 Å². The van der Waals surface area contributed by atoms with E-state index >= 15 is 0 Å². The Labute approximate surface area is 464 Å². The molecule has 1 aliphatic carbocycles. The van der Waals surface area contributed by atoms with Gasteiger partial charge in [-0.05, 0) is 113 Å². The van der Waals surface area contributed by atoms with Crippen molar-refractivity contribution in [2.75, 3.05) is 86.8 Å². The van der Waals surface area contributed by atoms with Gasteiger partial charge in [0.1, 0.15) is 42.8 Å². The van der Waals surface area contributed by atoms with E-state index in [1.165, 1.54) is 7.11 Å². The predicted octanol–water partition coefficient (Wildman–Crippen LogP) is 6.29. The quantitative estimate of drug-likeness (QED) is 0.0338. The second kappa shape index (κ2) is 36.0. The van der Waals surface area contributed by atoms with Gasteiger partial charge in [-0.15, -0.1) is 0 Å². The maximum absolute atomic E-state index is 14.1. The molecule has 1 unspecified atom stereocenters. The zero-order valence-corrected chi connectivity index (χ0v) is 48.4. The number of ketones is 3. The van der Waals surface area contributed by atoms with Crippen LogP contribution in [0.25, 0.3) is 0 Å². The number of hydrogen-bond donors (Lipinski definition) is 3. The number of carbonyl (C=O) groups excluding carboxylic acids is 5. The number of aliphatic hydroxyl groups excluding tert-OH is 3. The second-order valence-electron chi connectivity index (χ2n) is 22.5. The fourth-order valence-corrected chi connectivity index (χ4v) is 10.9. The first-order valence-electron chi connectivity index (χ1n) is 28.8. The number of allylic oxidation sites excluding steroid dienone is 6. The average Bonchev–Trinajstić information content (AvgIpc) is 3.43. The Kier molecular flexibility index (Phi) is 30.9. The molecule has 3 heterocycles. The molecule has 0 radical (unpaired) electrons. The van der Waals surface area contributed by atoms with Gasteiger partial charge in [0.25, 0.3) is 5.91 Å². The molecule has 3 saturated heterocycles. The molecule has 0 bridgehead atoms. The standard InChI is InChI=1S/C60H97NO17/c1-39(15-11-10-12-16-41(3)53(33-47-20-18-40(2)36-76-47)77-38-48-37-74-26-25-72-23-24-73-27-28-75-48)29-44(6)56(66)58(71-9)57(67)45(7)30-42(4)51(64)34-54(43(5)31-46-19-21-50(63)55(32-46)70-8)78-60(69)49-17-13-14-22-61(49)59(68)52(65)35-62/h10-12,15-16,30,39-40,42-44,46-50,53-55,57-58,62-63,67H,13-14,17-29,31-38H2,1-9H3/b12-10+,15-11+,41-16+,45-30+/t39-,40-,42-,43-,44-,46+,47+,48?,49+,50-,53+,54+,55-,57-,58+/m1/s1. The van der Waals surface area contributed by atoms with Gasteiger partial charge in [0.2, 0.25) is 5.78 Å². The lowest BCUT2D eigenvalue weighted by Gasteiger charge is -2.37. The zero-order chi connectivity index (χ0) is 57.1. The maximum Gasteiger partial charge on any atom is 0.329 e. The molecule has 0 aromatic rings. The number of Topliss-reactive ketones (excluding diaryl/α,β-unsaturated/α-hetero) is 3. The van der Waals surface area contributed by atoms with Gasteiger partial charge < -0.3 is 62.9 Å². The van der Waals surface area contributed by atoms with Crippen LogP contribution in [-0.4, -0.2) is 191 Å². The minimum absolute atomic E-state index is 0.00918. The number of amides is 1. The van der Waals surface area contributed by atoms with Crippen molar-refractivity contribution >= 4 is 29.2 Å². The van der Waals surface area contributed by atoms with E-state index in [4.69, 9.17) is 42.6 Å². The Hall–Kier alpha value is -3.53. The maximum atomic E-state index is 14.1. The molecule has 4 rings (SSSR count). The summed E-state index contributed by atoms with van der Waals surface area (Å²) in [6.07, 6.45) is 14.0. The van der Waals surface area contributed by atoms with Gasteiger partial charge >= 0.3 is 5.97 Å². The highest BCUT2D eigenvalue weighted by molar-refractivity contribution is 6.37. The smallest absolute Gasteiger partial charge is 0.329 e. The van der Waals surface area contributed by atoms with Gasteiger partial charge in [-0.1, -0.05) is 71.1 Å². The fourth-order valence-electron chi connectivity index (χ4n) is 10.9.